The molecule has 5 amide bonds. The average molecular weight is 545 g/mol. The molecule has 2 aromatic rings. The summed E-state index contributed by atoms with van der Waals surface area (Å²) in [7, 11) is 2.59. The Labute approximate surface area is 230 Å². The monoisotopic (exact) mass is 544 g/mol. The van der Waals surface area contributed by atoms with E-state index in [0.29, 0.717) is 27.5 Å². The Balaban J connectivity index is 1.54. The molecule has 2 aliphatic carbocycles. The molecule has 2 aliphatic heterocycles. The molecule has 6 unspecified atom stereocenters. The van der Waals surface area contributed by atoms with Gasteiger partial charge in [0.05, 0.1) is 43.1 Å². The highest BCUT2D eigenvalue weighted by molar-refractivity contribution is 6.24. The van der Waals surface area contributed by atoms with Gasteiger partial charge in [-0.05, 0) is 56.0 Å². The van der Waals surface area contributed by atoms with E-state index in [0.717, 1.165) is 7.11 Å². The molecule has 206 valence electrons. The molecule has 2 aromatic carbocycles. The number of likely N-dealkylation sites (tertiary alicyclic amines) is 1. The maximum Gasteiger partial charge on any atom is 0.423 e. The molecule has 4 aliphatic rings. The Morgan fingerprint density at radius 3 is 2.38 bits per heavy atom. The number of carbonyl (C=O) groups is 5. The lowest BCUT2D eigenvalue weighted by molar-refractivity contribution is -0.138. The molecule has 6 atom stereocenters. The highest BCUT2D eigenvalue weighted by atomic mass is 16.5. The second-order valence-electron chi connectivity index (χ2n) is 10.9. The molecule has 6 rings (SSSR count). The molecule has 10 nitrogen and oxygen atoms in total. The second-order valence-corrected chi connectivity index (χ2v) is 10.9. The number of allylic oxidation sites excluding steroid dienone is 2. The molecule has 1 N–H and O–H groups in total. The maximum atomic E-state index is 14.3. The van der Waals surface area contributed by atoms with Crippen molar-refractivity contribution in [2.75, 3.05) is 19.1 Å². The van der Waals surface area contributed by atoms with Crippen LogP contribution in [0.4, 0.5) is 10.5 Å². The maximum absolute atomic E-state index is 14.3. The number of para-hydroxylation sites is 1. The van der Waals surface area contributed by atoms with Gasteiger partial charge in [0.2, 0.25) is 23.6 Å². The molecule has 2 heterocycles. The number of rotatable bonds is 3. The number of methoxy groups -OCH3 is 2. The van der Waals surface area contributed by atoms with Crippen molar-refractivity contribution < 1.29 is 38.6 Å². The van der Waals surface area contributed by atoms with E-state index in [1.165, 1.54) is 18.1 Å². The van der Waals surface area contributed by atoms with Gasteiger partial charge >= 0.3 is 6.09 Å². The number of anilines is 1. The van der Waals surface area contributed by atoms with E-state index in [4.69, 9.17) is 9.47 Å². The second kappa shape index (κ2) is 9.04. The predicted molar refractivity (Wildman–Crippen MR) is 140 cm³/mol. The number of nitrogens with zero attached hydrogens (tertiary/aromatic N) is 2. The first-order chi connectivity index (χ1) is 19.1. The number of amides is 5. The molecule has 10 heteroatoms. The first-order valence-corrected chi connectivity index (χ1v) is 13.1. The predicted octanol–water partition coefficient (Wildman–Crippen LogP) is 3.40. The zero-order chi connectivity index (χ0) is 28.5. The van der Waals surface area contributed by atoms with Crippen LogP contribution < -0.4 is 9.64 Å². The minimum atomic E-state index is -1.31. The molecular weight excluding hydrogens is 516 g/mol. The van der Waals surface area contributed by atoms with Crippen LogP contribution in [-0.2, 0) is 23.9 Å². The molecule has 0 bridgehead atoms. The van der Waals surface area contributed by atoms with Gasteiger partial charge in [-0.1, -0.05) is 29.8 Å². The van der Waals surface area contributed by atoms with Crippen molar-refractivity contribution in [3.8, 4) is 11.5 Å². The van der Waals surface area contributed by atoms with E-state index in [-0.39, 0.29) is 18.6 Å². The van der Waals surface area contributed by atoms with E-state index >= 15 is 0 Å². The van der Waals surface area contributed by atoms with E-state index in [1.807, 2.05) is 6.08 Å². The number of hydrogen-bond acceptors (Lipinski definition) is 8. The van der Waals surface area contributed by atoms with E-state index < -0.39 is 64.7 Å². The molecule has 1 saturated carbocycles. The van der Waals surface area contributed by atoms with Gasteiger partial charge in [-0.2, -0.15) is 4.90 Å². The molecule has 0 radical (unpaired) electrons. The summed E-state index contributed by atoms with van der Waals surface area (Å²) in [6.07, 6.45) is 1.09. The van der Waals surface area contributed by atoms with Crippen LogP contribution >= 0.6 is 0 Å². The minimum Gasteiger partial charge on any atom is -0.508 e. The number of hydrogen-bond donors (Lipinski definition) is 1. The third-order valence-electron chi connectivity index (χ3n) is 9.19. The molecule has 2 saturated heterocycles. The normalized spacial score (nSPS) is 31.0. The van der Waals surface area contributed by atoms with Crippen LogP contribution in [0, 0.1) is 29.1 Å². The summed E-state index contributed by atoms with van der Waals surface area (Å²) in [5, 5.41) is 11.1. The molecule has 3 fully saturated rings. The SMILES string of the molecule is COC(=O)N1C(=O)C2CC=C3C(CC4C(=O)N(c5ccccc5)C(=O)C4(C)C3c3cc(OC)ccc3O)C2C1=O. The van der Waals surface area contributed by atoms with Gasteiger partial charge in [0.25, 0.3) is 0 Å². The van der Waals surface area contributed by atoms with Crippen molar-refractivity contribution >= 4 is 35.4 Å². The number of fused-ring (bicyclic) bond motifs is 4. The third-order valence-corrected chi connectivity index (χ3v) is 9.19. The fraction of sp³-hybridized carbons (Fsp3) is 0.367. The number of phenolic OH excluding ortho intramolecular Hbond substituents is 1. The van der Waals surface area contributed by atoms with Crippen LogP contribution in [0.15, 0.2) is 60.2 Å². The molecule has 0 spiro atoms. The van der Waals surface area contributed by atoms with Crippen LogP contribution in [-0.4, -0.2) is 53.9 Å². The van der Waals surface area contributed by atoms with Gasteiger partial charge in [-0.25, -0.2) is 9.69 Å². The van der Waals surface area contributed by atoms with Crippen LogP contribution in [0.1, 0.15) is 31.2 Å². The Morgan fingerprint density at radius 2 is 1.70 bits per heavy atom. The molecule has 40 heavy (non-hydrogen) atoms. The van der Waals surface area contributed by atoms with Gasteiger partial charge < -0.3 is 14.6 Å². The quantitative estimate of drug-likeness (QED) is 0.460. The molecule has 0 aromatic heterocycles. The first-order valence-electron chi connectivity index (χ1n) is 13.1. The minimum absolute atomic E-state index is 0.0853. The highest BCUT2D eigenvalue weighted by Crippen LogP contribution is 2.64. The third kappa shape index (κ3) is 3.31. The van der Waals surface area contributed by atoms with Crippen molar-refractivity contribution in [1.29, 1.82) is 0 Å². The lowest BCUT2D eigenvalue weighted by atomic mass is 9.51. The first kappa shape index (κ1) is 25.8. The van der Waals surface area contributed by atoms with Gasteiger partial charge in [0.15, 0.2) is 0 Å². The standard InChI is InChI=1S/C30H28N2O8/c1-30-21(26(35)31(28(30)37)15-7-5-4-6-8-15)14-19-17(24(30)20-13-16(39-2)9-12-22(20)33)10-11-18-23(19)27(36)32(25(18)34)29(38)40-3/h4-10,12-13,18-19,21,23-24,33H,11,14H2,1-3H3. The lowest BCUT2D eigenvalue weighted by Crippen LogP contribution is -2.49. The van der Waals surface area contributed by atoms with Crippen molar-refractivity contribution in [3.05, 3.63) is 65.7 Å². The van der Waals surface area contributed by atoms with E-state index in [9.17, 15) is 29.1 Å². The number of imide groups is 4. The summed E-state index contributed by atoms with van der Waals surface area (Å²) in [5.74, 6) is -5.73. The lowest BCUT2D eigenvalue weighted by Gasteiger charge is -2.49. The summed E-state index contributed by atoms with van der Waals surface area (Å²) in [5.41, 5.74) is 0.201. The Bertz CT molecular complexity index is 1500. The number of aromatic hydroxyl groups is 1. The Hall–Kier alpha value is -4.47. The average Bonchev–Trinajstić information content (AvgIpc) is 3.33. The summed E-state index contributed by atoms with van der Waals surface area (Å²) < 4.78 is 10.1. The van der Waals surface area contributed by atoms with Gasteiger partial charge in [-0.3, -0.25) is 19.2 Å². The van der Waals surface area contributed by atoms with E-state index in [1.54, 1.807) is 49.4 Å². The van der Waals surface area contributed by atoms with Crippen LogP contribution in [0.3, 0.4) is 0 Å². The smallest absolute Gasteiger partial charge is 0.423 e. The van der Waals surface area contributed by atoms with Gasteiger partial charge in [-0.15, -0.1) is 0 Å². The van der Waals surface area contributed by atoms with Gasteiger partial charge in [0, 0.05) is 11.5 Å². The van der Waals surface area contributed by atoms with Crippen molar-refractivity contribution in [2.45, 2.75) is 25.7 Å². The fourth-order valence-corrected chi connectivity index (χ4v) is 7.34. The zero-order valence-corrected chi connectivity index (χ0v) is 22.2. The number of phenols is 1. The van der Waals surface area contributed by atoms with E-state index in [2.05, 4.69) is 0 Å². The largest absolute Gasteiger partial charge is 0.508 e. The number of ether oxygens (including phenoxy) is 2. The Morgan fingerprint density at radius 1 is 0.975 bits per heavy atom. The fourth-order valence-electron chi connectivity index (χ4n) is 7.34. The van der Waals surface area contributed by atoms with Gasteiger partial charge in [0.1, 0.15) is 11.5 Å². The zero-order valence-electron chi connectivity index (χ0n) is 22.2. The highest BCUT2D eigenvalue weighted by Gasteiger charge is 2.68. The number of benzene rings is 2. The number of carbonyl (C=O) groups excluding carboxylic acids is 5. The molecular formula is C30H28N2O8. The summed E-state index contributed by atoms with van der Waals surface area (Å²) in [4.78, 5) is 69.1. The summed E-state index contributed by atoms with van der Waals surface area (Å²) >= 11 is 0. The Kier molecular flexibility index (Phi) is 5.83. The summed E-state index contributed by atoms with van der Waals surface area (Å²) in [6.45, 7) is 1.73. The topological polar surface area (TPSA) is 131 Å². The van der Waals surface area contributed by atoms with Crippen LogP contribution in [0.5, 0.6) is 11.5 Å². The summed E-state index contributed by atoms with van der Waals surface area (Å²) in [6, 6.07) is 13.3. The van der Waals surface area contributed by atoms with Crippen molar-refractivity contribution in [3.63, 3.8) is 0 Å². The van der Waals surface area contributed by atoms with Crippen molar-refractivity contribution in [2.24, 2.45) is 29.1 Å². The van der Waals surface area contributed by atoms with Crippen molar-refractivity contribution in [1.82, 2.24) is 4.90 Å². The van der Waals surface area contributed by atoms with Crippen LogP contribution in [0.2, 0.25) is 0 Å². The van der Waals surface area contributed by atoms with Crippen LogP contribution in [0.25, 0.3) is 0 Å².